The lowest BCUT2D eigenvalue weighted by atomic mass is 9.96. The van der Waals surface area contributed by atoms with Crippen LogP contribution in [-0.4, -0.2) is 57.4 Å². The number of carbonyl (C=O) groups excluding carboxylic acids is 1. The Bertz CT molecular complexity index is 1480. The molecule has 1 heterocycles. The fourth-order valence-corrected chi connectivity index (χ4v) is 6.33. The Kier molecular flexibility index (Phi) is 8.60. The molecule has 0 bridgehead atoms. The Morgan fingerprint density at radius 3 is 1.90 bits per heavy atom. The summed E-state index contributed by atoms with van der Waals surface area (Å²) in [5.41, 5.74) is 3.57. The molecular weight excluding hydrogens is 522 g/mol. The van der Waals surface area contributed by atoms with E-state index in [4.69, 9.17) is 4.74 Å². The largest absolute Gasteiger partial charge is 0.495 e. The molecule has 0 spiro atoms. The maximum Gasteiger partial charge on any atom is 0.253 e. The molecular formula is C32H33N3O4S. The van der Waals surface area contributed by atoms with E-state index >= 15 is 0 Å². The van der Waals surface area contributed by atoms with Gasteiger partial charge in [0.25, 0.3) is 5.91 Å². The molecule has 0 aliphatic carbocycles. The maximum absolute atomic E-state index is 13.5. The van der Waals surface area contributed by atoms with Crippen LogP contribution in [0.3, 0.4) is 0 Å². The topological polar surface area (TPSA) is 79.0 Å². The van der Waals surface area contributed by atoms with Gasteiger partial charge in [-0.1, -0.05) is 91.0 Å². The van der Waals surface area contributed by atoms with Crippen LogP contribution < -0.4 is 9.46 Å². The summed E-state index contributed by atoms with van der Waals surface area (Å²) >= 11 is 0. The number of hydrogen-bond acceptors (Lipinski definition) is 5. The van der Waals surface area contributed by atoms with Gasteiger partial charge in [-0.2, -0.15) is 0 Å². The van der Waals surface area contributed by atoms with E-state index in [9.17, 15) is 13.2 Å². The highest BCUT2D eigenvalue weighted by Crippen LogP contribution is 2.30. The van der Waals surface area contributed by atoms with E-state index in [1.54, 1.807) is 17.0 Å². The molecule has 5 rings (SSSR count). The van der Waals surface area contributed by atoms with Crippen LogP contribution in [0.5, 0.6) is 5.75 Å². The van der Waals surface area contributed by atoms with Crippen LogP contribution in [0, 0.1) is 0 Å². The van der Waals surface area contributed by atoms with Gasteiger partial charge in [0.15, 0.2) is 0 Å². The van der Waals surface area contributed by atoms with Crippen LogP contribution in [-0.2, 0) is 16.6 Å². The average Bonchev–Trinajstić information content (AvgIpc) is 3.01. The maximum atomic E-state index is 13.5. The first kappa shape index (κ1) is 27.6. The van der Waals surface area contributed by atoms with Crippen molar-refractivity contribution in [1.29, 1.82) is 0 Å². The Hall–Kier alpha value is -3.98. The fraction of sp³-hybridized carbons (Fsp3) is 0.219. The number of methoxy groups -OCH3 is 1. The summed E-state index contributed by atoms with van der Waals surface area (Å²) in [6.45, 7) is 2.60. The number of benzene rings is 4. The number of piperazine rings is 1. The molecule has 0 unspecified atom stereocenters. The summed E-state index contributed by atoms with van der Waals surface area (Å²) in [6, 6.07) is 34.7. The SMILES string of the molecule is COc1ccc(C(=O)N2CCN(C(c3ccccc3)c3ccccc3)CC2)cc1S(=O)(=O)NCc1ccccc1. The van der Waals surface area contributed by atoms with E-state index in [0.717, 1.165) is 5.56 Å². The van der Waals surface area contributed by atoms with E-state index in [-0.39, 0.29) is 29.1 Å². The van der Waals surface area contributed by atoms with Gasteiger partial charge in [0.05, 0.1) is 13.2 Å². The van der Waals surface area contributed by atoms with Gasteiger partial charge < -0.3 is 9.64 Å². The minimum absolute atomic E-state index is 0.0522. The van der Waals surface area contributed by atoms with Crippen molar-refractivity contribution in [2.45, 2.75) is 17.5 Å². The van der Waals surface area contributed by atoms with Gasteiger partial charge in [-0.15, -0.1) is 0 Å². The van der Waals surface area contributed by atoms with Gasteiger partial charge in [0.1, 0.15) is 10.6 Å². The van der Waals surface area contributed by atoms with Crippen LogP contribution in [0.4, 0.5) is 0 Å². The van der Waals surface area contributed by atoms with Crippen molar-refractivity contribution in [1.82, 2.24) is 14.5 Å². The van der Waals surface area contributed by atoms with Crippen LogP contribution in [0.1, 0.15) is 33.1 Å². The van der Waals surface area contributed by atoms with Crippen LogP contribution in [0.15, 0.2) is 114 Å². The number of ether oxygens (including phenoxy) is 1. The summed E-state index contributed by atoms with van der Waals surface area (Å²) in [7, 11) is -2.50. The number of rotatable bonds is 9. The Balaban J connectivity index is 1.31. The highest BCUT2D eigenvalue weighted by atomic mass is 32.2. The molecule has 1 fully saturated rings. The predicted octanol–water partition coefficient (Wildman–Crippen LogP) is 4.72. The van der Waals surface area contributed by atoms with Crippen molar-refractivity contribution in [2.24, 2.45) is 0 Å². The minimum atomic E-state index is -3.92. The summed E-state index contributed by atoms with van der Waals surface area (Å²) in [4.78, 5) is 17.7. The minimum Gasteiger partial charge on any atom is -0.495 e. The van der Waals surface area contributed by atoms with E-state index in [2.05, 4.69) is 58.2 Å². The third-order valence-corrected chi connectivity index (χ3v) is 8.63. The van der Waals surface area contributed by atoms with Gasteiger partial charge in [0, 0.05) is 38.3 Å². The van der Waals surface area contributed by atoms with Crippen molar-refractivity contribution in [2.75, 3.05) is 33.3 Å². The molecule has 0 aromatic heterocycles. The zero-order valence-electron chi connectivity index (χ0n) is 22.4. The summed E-state index contributed by atoms with van der Waals surface area (Å²) in [5.74, 6) is -0.00622. The average molecular weight is 556 g/mol. The zero-order chi connectivity index (χ0) is 28.0. The Labute approximate surface area is 236 Å². The van der Waals surface area contributed by atoms with Gasteiger partial charge >= 0.3 is 0 Å². The highest BCUT2D eigenvalue weighted by molar-refractivity contribution is 7.89. The zero-order valence-corrected chi connectivity index (χ0v) is 23.3. The molecule has 7 nitrogen and oxygen atoms in total. The van der Waals surface area contributed by atoms with Crippen LogP contribution >= 0.6 is 0 Å². The third kappa shape index (κ3) is 6.25. The first-order chi connectivity index (χ1) is 19.5. The second-order valence-electron chi connectivity index (χ2n) is 9.73. The molecule has 4 aromatic carbocycles. The number of amides is 1. The highest BCUT2D eigenvalue weighted by Gasteiger charge is 2.29. The standard InChI is InChI=1S/C32H33N3O4S/c1-39-29-18-17-28(23-30(29)40(37,38)33-24-25-11-5-2-6-12-25)32(36)35-21-19-34(20-22-35)31(26-13-7-3-8-14-26)27-15-9-4-10-16-27/h2-18,23,31,33H,19-22,24H2,1H3. The van der Waals surface area contributed by atoms with E-state index in [1.165, 1.54) is 24.3 Å². The quantitative estimate of drug-likeness (QED) is 0.323. The molecule has 1 amide bonds. The van der Waals surface area contributed by atoms with Crippen LogP contribution in [0.25, 0.3) is 0 Å². The van der Waals surface area contributed by atoms with Crippen LogP contribution in [0.2, 0.25) is 0 Å². The number of nitrogens with zero attached hydrogens (tertiary/aromatic N) is 2. The van der Waals surface area contributed by atoms with Crippen molar-refractivity contribution < 1.29 is 17.9 Å². The van der Waals surface area contributed by atoms with Crippen molar-refractivity contribution in [3.8, 4) is 5.75 Å². The van der Waals surface area contributed by atoms with E-state index in [0.29, 0.717) is 31.7 Å². The van der Waals surface area contributed by atoms with Gasteiger partial charge in [-0.25, -0.2) is 13.1 Å². The molecule has 1 aliphatic heterocycles. The number of carbonyl (C=O) groups is 1. The smallest absolute Gasteiger partial charge is 0.253 e. The molecule has 1 N–H and O–H groups in total. The number of nitrogens with one attached hydrogen (secondary N) is 1. The lowest BCUT2D eigenvalue weighted by Crippen LogP contribution is -2.49. The monoisotopic (exact) mass is 555 g/mol. The second kappa shape index (κ2) is 12.5. The Morgan fingerprint density at radius 1 is 0.800 bits per heavy atom. The summed E-state index contributed by atoms with van der Waals surface area (Å²) in [6.07, 6.45) is 0. The van der Waals surface area contributed by atoms with E-state index in [1.807, 2.05) is 42.5 Å². The second-order valence-corrected chi connectivity index (χ2v) is 11.5. The number of hydrogen-bond donors (Lipinski definition) is 1. The third-order valence-electron chi connectivity index (χ3n) is 7.21. The fourth-order valence-electron chi connectivity index (χ4n) is 5.12. The van der Waals surface area contributed by atoms with Gasteiger partial charge in [0.2, 0.25) is 10.0 Å². The molecule has 40 heavy (non-hydrogen) atoms. The molecule has 0 atom stereocenters. The van der Waals surface area contributed by atoms with Crippen molar-refractivity contribution in [3.05, 3.63) is 131 Å². The van der Waals surface area contributed by atoms with E-state index < -0.39 is 10.0 Å². The molecule has 1 saturated heterocycles. The lowest BCUT2D eigenvalue weighted by Gasteiger charge is -2.39. The van der Waals surface area contributed by atoms with Gasteiger partial charge in [-0.3, -0.25) is 9.69 Å². The first-order valence-corrected chi connectivity index (χ1v) is 14.8. The number of sulfonamides is 1. The summed E-state index contributed by atoms with van der Waals surface area (Å²) < 4.78 is 34.4. The molecule has 8 heteroatoms. The molecule has 0 radical (unpaired) electrons. The van der Waals surface area contributed by atoms with Crippen molar-refractivity contribution in [3.63, 3.8) is 0 Å². The normalized spacial score (nSPS) is 14.3. The van der Waals surface area contributed by atoms with Gasteiger partial charge in [-0.05, 0) is 34.9 Å². The first-order valence-electron chi connectivity index (χ1n) is 13.3. The molecule has 1 aliphatic rings. The summed E-state index contributed by atoms with van der Waals surface area (Å²) in [5, 5.41) is 0. The molecule has 0 saturated carbocycles. The predicted molar refractivity (Wildman–Crippen MR) is 156 cm³/mol. The molecule has 206 valence electrons. The Morgan fingerprint density at radius 2 is 1.35 bits per heavy atom. The van der Waals surface area contributed by atoms with Crippen molar-refractivity contribution >= 4 is 15.9 Å². The lowest BCUT2D eigenvalue weighted by molar-refractivity contribution is 0.0597. The molecule has 4 aromatic rings.